The molecule has 116 valence electrons. The maximum absolute atomic E-state index is 11.8. The molecule has 0 aromatic heterocycles. The SMILES string of the molecule is COc1cc(OC2CNC2)ccc1NC(=O)OC(C)(C)C. The van der Waals surface area contributed by atoms with Crippen LogP contribution in [0.3, 0.4) is 0 Å². The Morgan fingerprint density at radius 1 is 1.33 bits per heavy atom. The van der Waals surface area contributed by atoms with Gasteiger partial charge in [0.2, 0.25) is 0 Å². The highest BCUT2D eigenvalue weighted by molar-refractivity contribution is 5.87. The van der Waals surface area contributed by atoms with Crippen molar-refractivity contribution in [1.29, 1.82) is 0 Å². The van der Waals surface area contributed by atoms with E-state index in [1.807, 2.05) is 20.8 Å². The fourth-order valence-electron chi connectivity index (χ4n) is 1.80. The Hall–Kier alpha value is -1.95. The van der Waals surface area contributed by atoms with E-state index < -0.39 is 11.7 Å². The number of hydrogen-bond acceptors (Lipinski definition) is 5. The fourth-order valence-corrected chi connectivity index (χ4v) is 1.80. The second kappa shape index (κ2) is 6.22. The number of hydrogen-bond donors (Lipinski definition) is 2. The van der Waals surface area contributed by atoms with Crippen LogP contribution >= 0.6 is 0 Å². The van der Waals surface area contributed by atoms with E-state index in [1.54, 1.807) is 25.3 Å². The van der Waals surface area contributed by atoms with Gasteiger partial charge in [-0.25, -0.2) is 4.79 Å². The lowest BCUT2D eigenvalue weighted by atomic mass is 10.2. The molecule has 1 saturated heterocycles. The van der Waals surface area contributed by atoms with Crippen LogP contribution in [-0.4, -0.2) is 38.0 Å². The molecule has 1 aliphatic heterocycles. The van der Waals surface area contributed by atoms with Gasteiger partial charge in [0.05, 0.1) is 12.8 Å². The fraction of sp³-hybridized carbons (Fsp3) is 0.533. The van der Waals surface area contributed by atoms with Crippen molar-refractivity contribution in [2.24, 2.45) is 0 Å². The van der Waals surface area contributed by atoms with E-state index >= 15 is 0 Å². The maximum atomic E-state index is 11.8. The number of rotatable bonds is 4. The number of ether oxygens (including phenoxy) is 3. The smallest absolute Gasteiger partial charge is 0.412 e. The molecule has 0 unspecified atom stereocenters. The van der Waals surface area contributed by atoms with Crippen LogP contribution < -0.4 is 20.1 Å². The number of carbonyl (C=O) groups is 1. The molecule has 0 spiro atoms. The molecule has 1 fully saturated rings. The Morgan fingerprint density at radius 3 is 2.57 bits per heavy atom. The molecule has 0 bridgehead atoms. The average molecular weight is 294 g/mol. The average Bonchev–Trinajstić information content (AvgIpc) is 2.33. The van der Waals surface area contributed by atoms with Gasteiger partial charge >= 0.3 is 6.09 Å². The molecule has 0 atom stereocenters. The first kappa shape index (κ1) is 15.4. The zero-order valence-electron chi connectivity index (χ0n) is 12.9. The minimum absolute atomic E-state index is 0.194. The first-order valence-electron chi connectivity index (χ1n) is 6.93. The van der Waals surface area contributed by atoms with E-state index in [2.05, 4.69) is 10.6 Å². The van der Waals surface area contributed by atoms with Crippen LogP contribution in [0.4, 0.5) is 10.5 Å². The largest absolute Gasteiger partial charge is 0.494 e. The lowest BCUT2D eigenvalue weighted by Gasteiger charge is -2.28. The molecular weight excluding hydrogens is 272 g/mol. The van der Waals surface area contributed by atoms with E-state index in [0.29, 0.717) is 17.2 Å². The number of amides is 1. The van der Waals surface area contributed by atoms with Crippen molar-refractivity contribution >= 4 is 11.8 Å². The minimum atomic E-state index is -0.544. The first-order valence-corrected chi connectivity index (χ1v) is 6.93. The standard InChI is InChI=1S/C15H22N2O4/c1-15(2,3)21-14(18)17-12-6-5-10(7-13(12)19-4)20-11-8-16-9-11/h5-7,11,16H,8-9H2,1-4H3,(H,17,18). The number of carbonyl (C=O) groups excluding carboxylic acids is 1. The summed E-state index contributed by atoms with van der Waals surface area (Å²) in [6.07, 6.45) is -0.322. The van der Waals surface area contributed by atoms with Gasteiger partial charge in [0.1, 0.15) is 23.2 Å². The topological polar surface area (TPSA) is 68.8 Å². The second-order valence-corrected chi connectivity index (χ2v) is 5.89. The third-order valence-corrected chi connectivity index (χ3v) is 2.86. The minimum Gasteiger partial charge on any atom is -0.494 e. The predicted octanol–water partition coefficient (Wildman–Crippen LogP) is 2.39. The van der Waals surface area contributed by atoms with Crippen molar-refractivity contribution in [2.45, 2.75) is 32.5 Å². The maximum Gasteiger partial charge on any atom is 0.412 e. The van der Waals surface area contributed by atoms with Crippen molar-refractivity contribution in [3.05, 3.63) is 18.2 Å². The van der Waals surface area contributed by atoms with E-state index in [1.165, 1.54) is 0 Å². The summed E-state index contributed by atoms with van der Waals surface area (Å²) >= 11 is 0. The van der Waals surface area contributed by atoms with Crippen LogP contribution in [0, 0.1) is 0 Å². The van der Waals surface area contributed by atoms with Crippen LogP contribution in [0.1, 0.15) is 20.8 Å². The molecule has 6 heteroatoms. The van der Waals surface area contributed by atoms with Gasteiger partial charge in [-0.05, 0) is 32.9 Å². The molecule has 2 rings (SSSR count). The van der Waals surface area contributed by atoms with Gasteiger partial charge in [0, 0.05) is 19.2 Å². The summed E-state index contributed by atoms with van der Waals surface area (Å²) < 4.78 is 16.2. The molecule has 0 aliphatic carbocycles. The molecule has 1 aromatic carbocycles. The van der Waals surface area contributed by atoms with E-state index in [-0.39, 0.29) is 6.10 Å². The zero-order chi connectivity index (χ0) is 15.5. The summed E-state index contributed by atoms with van der Waals surface area (Å²) in [6, 6.07) is 5.29. The molecule has 0 radical (unpaired) electrons. The number of benzene rings is 1. The van der Waals surface area contributed by atoms with Gasteiger partial charge in [-0.3, -0.25) is 5.32 Å². The molecular formula is C15H22N2O4. The van der Waals surface area contributed by atoms with E-state index in [4.69, 9.17) is 14.2 Å². The van der Waals surface area contributed by atoms with Crippen LogP contribution in [0.25, 0.3) is 0 Å². The molecule has 0 saturated carbocycles. The molecule has 1 aromatic rings. The summed E-state index contributed by atoms with van der Waals surface area (Å²) in [5.74, 6) is 1.25. The normalized spacial score (nSPS) is 15.0. The first-order chi connectivity index (χ1) is 9.87. The Morgan fingerprint density at radius 2 is 2.05 bits per heavy atom. The molecule has 1 heterocycles. The van der Waals surface area contributed by atoms with Gasteiger partial charge in [-0.2, -0.15) is 0 Å². The molecule has 6 nitrogen and oxygen atoms in total. The summed E-state index contributed by atoms with van der Waals surface area (Å²) in [5.41, 5.74) is 0.00301. The van der Waals surface area contributed by atoms with Crippen LogP contribution in [-0.2, 0) is 4.74 Å². The Labute approximate surface area is 124 Å². The summed E-state index contributed by atoms with van der Waals surface area (Å²) in [6.45, 7) is 7.13. The monoisotopic (exact) mass is 294 g/mol. The summed E-state index contributed by atoms with van der Waals surface area (Å²) in [4.78, 5) is 11.8. The highest BCUT2D eigenvalue weighted by atomic mass is 16.6. The second-order valence-electron chi connectivity index (χ2n) is 5.89. The van der Waals surface area contributed by atoms with Crippen LogP contribution in [0.5, 0.6) is 11.5 Å². The summed E-state index contributed by atoms with van der Waals surface area (Å²) in [7, 11) is 1.55. The van der Waals surface area contributed by atoms with Gasteiger partial charge in [0.15, 0.2) is 0 Å². The molecule has 2 N–H and O–H groups in total. The highest BCUT2D eigenvalue weighted by Crippen LogP contribution is 2.30. The van der Waals surface area contributed by atoms with Gasteiger partial charge in [0.25, 0.3) is 0 Å². The number of methoxy groups -OCH3 is 1. The third kappa shape index (κ3) is 4.53. The summed E-state index contributed by atoms with van der Waals surface area (Å²) in [5, 5.41) is 5.81. The van der Waals surface area contributed by atoms with Crippen molar-refractivity contribution in [2.75, 3.05) is 25.5 Å². The Kier molecular flexibility index (Phi) is 4.57. The quantitative estimate of drug-likeness (QED) is 0.892. The number of nitrogens with one attached hydrogen (secondary N) is 2. The van der Waals surface area contributed by atoms with Gasteiger partial charge < -0.3 is 19.5 Å². The van der Waals surface area contributed by atoms with E-state index in [9.17, 15) is 4.79 Å². The van der Waals surface area contributed by atoms with Crippen molar-refractivity contribution in [3.63, 3.8) is 0 Å². The zero-order valence-corrected chi connectivity index (χ0v) is 12.9. The predicted molar refractivity (Wildman–Crippen MR) is 80.1 cm³/mol. The third-order valence-electron chi connectivity index (χ3n) is 2.86. The lowest BCUT2D eigenvalue weighted by molar-refractivity contribution is 0.0635. The highest BCUT2D eigenvalue weighted by Gasteiger charge is 2.20. The van der Waals surface area contributed by atoms with Crippen molar-refractivity contribution in [1.82, 2.24) is 5.32 Å². The van der Waals surface area contributed by atoms with Crippen LogP contribution in [0.2, 0.25) is 0 Å². The van der Waals surface area contributed by atoms with E-state index in [0.717, 1.165) is 13.1 Å². The van der Waals surface area contributed by atoms with Gasteiger partial charge in [-0.15, -0.1) is 0 Å². The van der Waals surface area contributed by atoms with Crippen molar-refractivity contribution < 1.29 is 19.0 Å². The van der Waals surface area contributed by atoms with Gasteiger partial charge in [-0.1, -0.05) is 0 Å². The van der Waals surface area contributed by atoms with Crippen molar-refractivity contribution in [3.8, 4) is 11.5 Å². The molecule has 21 heavy (non-hydrogen) atoms. The molecule has 1 aliphatic rings. The molecule has 1 amide bonds. The van der Waals surface area contributed by atoms with Crippen LogP contribution in [0.15, 0.2) is 18.2 Å². The Bertz CT molecular complexity index is 507. The Balaban J connectivity index is 2.03. The lowest BCUT2D eigenvalue weighted by Crippen LogP contribution is -2.50. The number of anilines is 1.